The third-order valence-electron chi connectivity index (χ3n) is 4.55. The number of rotatable bonds is 8. The lowest BCUT2D eigenvalue weighted by Crippen LogP contribution is -2.24. The van der Waals surface area contributed by atoms with Crippen molar-refractivity contribution in [2.75, 3.05) is 11.9 Å². The zero-order valence-electron chi connectivity index (χ0n) is 18.0. The Bertz CT molecular complexity index is 1170. The Morgan fingerprint density at radius 2 is 1.68 bits per heavy atom. The average Bonchev–Trinajstić information content (AvgIpc) is 2.79. The number of ether oxygens (including phenoxy) is 2. The number of amides is 1. The van der Waals surface area contributed by atoms with Crippen LogP contribution in [-0.2, 0) is 27.4 Å². The van der Waals surface area contributed by atoms with Crippen LogP contribution in [0.5, 0.6) is 17.2 Å². The summed E-state index contributed by atoms with van der Waals surface area (Å²) in [5.41, 5.74) is 1.64. The highest BCUT2D eigenvalue weighted by Crippen LogP contribution is 2.39. The number of aromatic hydroxyl groups is 1. The van der Waals surface area contributed by atoms with E-state index in [2.05, 4.69) is 15.4 Å². The van der Waals surface area contributed by atoms with Crippen molar-refractivity contribution in [3.8, 4) is 17.2 Å². The Morgan fingerprint density at radius 1 is 1.00 bits per heavy atom. The van der Waals surface area contributed by atoms with Gasteiger partial charge in [-0.05, 0) is 55.0 Å². The van der Waals surface area contributed by atoms with Crippen molar-refractivity contribution in [3.63, 3.8) is 0 Å². The minimum atomic E-state index is -1.03. The standard InChI is InChI=1S/C24H21Cl2FN2O5/c1-2-33-24(32)23(31)29-17-10-19(25)22(20(26)11-17)34-18-7-8-21(30)15(9-18)13-28-12-14-3-5-16(27)6-4-14/h3-11,28,30H,2,12-13H2,1H3,(H,29,31). The predicted octanol–water partition coefficient (Wildman–Crippen LogP) is 5.42. The summed E-state index contributed by atoms with van der Waals surface area (Å²) in [6.07, 6.45) is 0. The molecule has 1 amide bonds. The molecule has 0 bridgehead atoms. The van der Waals surface area contributed by atoms with Crippen LogP contribution in [0.3, 0.4) is 0 Å². The van der Waals surface area contributed by atoms with Gasteiger partial charge in [-0.3, -0.25) is 4.79 Å². The Kier molecular flexibility index (Phi) is 8.70. The van der Waals surface area contributed by atoms with Crippen LogP contribution in [0.4, 0.5) is 10.1 Å². The molecular formula is C24H21Cl2FN2O5. The van der Waals surface area contributed by atoms with Crippen molar-refractivity contribution in [2.24, 2.45) is 0 Å². The number of carbonyl (C=O) groups is 2. The molecule has 0 aliphatic rings. The third kappa shape index (κ3) is 6.84. The maximum Gasteiger partial charge on any atom is 0.397 e. The molecule has 3 aromatic carbocycles. The topological polar surface area (TPSA) is 96.9 Å². The van der Waals surface area contributed by atoms with Crippen LogP contribution in [0.15, 0.2) is 54.6 Å². The monoisotopic (exact) mass is 506 g/mol. The molecule has 0 aromatic heterocycles. The molecule has 0 saturated heterocycles. The molecule has 0 saturated carbocycles. The fourth-order valence-corrected chi connectivity index (χ4v) is 3.50. The Hall–Kier alpha value is -3.33. The molecule has 0 radical (unpaired) electrons. The highest BCUT2D eigenvalue weighted by molar-refractivity contribution is 6.39. The predicted molar refractivity (Wildman–Crippen MR) is 127 cm³/mol. The smallest absolute Gasteiger partial charge is 0.397 e. The molecule has 3 aromatic rings. The van der Waals surface area contributed by atoms with Crippen LogP contribution in [-0.4, -0.2) is 23.6 Å². The van der Waals surface area contributed by atoms with E-state index in [-0.39, 0.29) is 39.7 Å². The first-order valence-electron chi connectivity index (χ1n) is 10.2. The van der Waals surface area contributed by atoms with Gasteiger partial charge in [0, 0.05) is 24.3 Å². The van der Waals surface area contributed by atoms with Gasteiger partial charge in [0.1, 0.15) is 17.3 Å². The first kappa shape index (κ1) is 25.3. The molecule has 0 fully saturated rings. The summed E-state index contributed by atoms with van der Waals surface area (Å²) < 4.78 is 23.5. The van der Waals surface area contributed by atoms with Gasteiger partial charge in [0.05, 0.1) is 16.7 Å². The van der Waals surface area contributed by atoms with E-state index in [9.17, 15) is 19.1 Å². The first-order chi connectivity index (χ1) is 16.3. The largest absolute Gasteiger partial charge is 0.508 e. The summed E-state index contributed by atoms with van der Waals surface area (Å²) in [7, 11) is 0. The SMILES string of the molecule is CCOC(=O)C(=O)Nc1cc(Cl)c(Oc2ccc(O)c(CNCc3ccc(F)cc3)c2)c(Cl)c1. The number of carbonyl (C=O) groups excluding carboxylic acids is 2. The fraction of sp³-hybridized carbons (Fsp3) is 0.167. The average molecular weight is 507 g/mol. The van der Waals surface area contributed by atoms with E-state index in [0.29, 0.717) is 24.4 Å². The zero-order valence-corrected chi connectivity index (χ0v) is 19.5. The summed E-state index contributed by atoms with van der Waals surface area (Å²) in [6, 6.07) is 13.5. The number of hydrogen-bond donors (Lipinski definition) is 3. The van der Waals surface area contributed by atoms with Crippen molar-refractivity contribution in [3.05, 3.63) is 81.6 Å². The second kappa shape index (κ2) is 11.7. The van der Waals surface area contributed by atoms with Crippen molar-refractivity contribution < 1.29 is 28.6 Å². The van der Waals surface area contributed by atoms with Crippen molar-refractivity contribution in [1.29, 1.82) is 0 Å². The number of anilines is 1. The Balaban J connectivity index is 1.68. The molecule has 0 heterocycles. The van der Waals surface area contributed by atoms with Gasteiger partial charge in [-0.15, -0.1) is 0 Å². The molecule has 178 valence electrons. The van der Waals surface area contributed by atoms with Gasteiger partial charge < -0.3 is 25.2 Å². The maximum absolute atomic E-state index is 13.0. The van der Waals surface area contributed by atoms with Crippen LogP contribution in [0.25, 0.3) is 0 Å². The molecule has 34 heavy (non-hydrogen) atoms. The second-order valence-electron chi connectivity index (χ2n) is 7.07. The highest BCUT2D eigenvalue weighted by Gasteiger charge is 2.18. The maximum atomic E-state index is 13.0. The quantitative estimate of drug-likeness (QED) is 0.278. The zero-order chi connectivity index (χ0) is 24.7. The summed E-state index contributed by atoms with van der Waals surface area (Å²) in [5.74, 6) is -1.73. The lowest BCUT2D eigenvalue weighted by molar-refractivity contribution is -0.152. The first-order valence-corrected chi connectivity index (χ1v) is 10.9. The lowest BCUT2D eigenvalue weighted by atomic mass is 10.1. The molecule has 0 atom stereocenters. The van der Waals surface area contributed by atoms with Gasteiger partial charge in [-0.1, -0.05) is 35.3 Å². The van der Waals surface area contributed by atoms with Gasteiger partial charge in [0.2, 0.25) is 0 Å². The van der Waals surface area contributed by atoms with Gasteiger partial charge in [-0.2, -0.15) is 0 Å². The van der Waals surface area contributed by atoms with Gasteiger partial charge >= 0.3 is 11.9 Å². The van der Waals surface area contributed by atoms with E-state index in [1.54, 1.807) is 31.2 Å². The van der Waals surface area contributed by atoms with E-state index >= 15 is 0 Å². The van der Waals surface area contributed by atoms with Crippen LogP contribution in [0.1, 0.15) is 18.1 Å². The fourth-order valence-electron chi connectivity index (χ4n) is 2.94. The molecular weight excluding hydrogens is 486 g/mol. The number of phenols is 1. The van der Waals surface area contributed by atoms with Crippen LogP contribution in [0.2, 0.25) is 10.0 Å². The minimum Gasteiger partial charge on any atom is -0.508 e. The third-order valence-corrected chi connectivity index (χ3v) is 5.11. The number of hydrogen-bond acceptors (Lipinski definition) is 6. The van der Waals surface area contributed by atoms with E-state index in [1.807, 2.05) is 0 Å². The Morgan fingerprint density at radius 3 is 2.32 bits per heavy atom. The molecule has 7 nitrogen and oxygen atoms in total. The lowest BCUT2D eigenvalue weighted by Gasteiger charge is -2.14. The van der Waals surface area contributed by atoms with E-state index < -0.39 is 11.9 Å². The molecule has 10 heteroatoms. The molecule has 3 rings (SSSR count). The summed E-state index contributed by atoms with van der Waals surface area (Å²) in [5, 5.41) is 15.9. The molecule has 0 unspecified atom stereocenters. The second-order valence-corrected chi connectivity index (χ2v) is 7.88. The number of benzene rings is 3. The number of esters is 1. The summed E-state index contributed by atoms with van der Waals surface area (Å²) in [4.78, 5) is 23.3. The van der Waals surface area contributed by atoms with Crippen LogP contribution in [0, 0.1) is 5.82 Å². The number of phenolic OH excluding ortho intramolecular Hbond substituents is 1. The summed E-state index contributed by atoms with van der Waals surface area (Å²) in [6.45, 7) is 2.44. The molecule has 0 aliphatic heterocycles. The van der Waals surface area contributed by atoms with Crippen molar-refractivity contribution in [2.45, 2.75) is 20.0 Å². The van der Waals surface area contributed by atoms with Crippen LogP contribution >= 0.6 is 23.2 Å². The van der Waals surface area contributed by atoms with Gasteiger partial charge in [0.25, 0.3) is 0 Å². The molecule has 0 spiro atoms. The van der Waals surface area contributed by atoms with Gasteiger partial charge in [0.15, 0.2) is 5.75 Å². The van der Waals surface area contributed by atoms with Gasteiger partial charge in [-0.25, -0.2) is 9.18 Å². The summed E-state index contributed by atoms with van der Waals surface area (Å²) >= 11 is 12.6. The molecule has 0 aliphatic carbocycles. The minimum absolute atomic E-state index is 0.0631. The van der Waals surface area contributed by atoms with E-state index in [1.165, 1.54) is 30.3 Å². The normalized spacial score (nSPS) is 10.6. The Labute approximate surface area is 205 Å². The van der Waals surface area contributed by atoms with E-state index in [0.717, 1.165) is 5.56 Å². The van der Waals surface area contributed by atoms with Crippen LogP contribution < -0.4 is 15.4 Å². The number of nitrogens with one attached hydrogen (secondary N) is 2. The van der Waals surface area contributed by atoms with Crippen molar-refractivity contribution >= 4 is 40.8 Å². The highest BCUT2D eigenvalue weighted by atomic mass is 35.5. The molecule has 3 N–H and O–H groups in total. The number of halogens is 3. The van der Waals surface area contributed by atoms with E-state index in [4.69, 9.17) is 27.9 Å². The van der Waals surface area contributed by atoms with Crippen molar-refractivity contribution in [1.82, 2.24) is 5.32 Å².